The van der Waals surface area contributed by atoms with E-state index in [0.717, 1.165) is 46.4 Å². The Morgan fingerprint density at radius 3 is 2.53 bits per heavy atom. The second-order valence-electron chi connectivity index (χ2n) is 12.1. The number of fused-ring (bicyclic) bond motifs is 5. The Kier molecular flexibility index (Phi) is 7.07. The average Bonchev–Trinajstić information content (AvgIpc) is 3.06. The number of allylic oxidation sites excluding steroid dienone is 1. The number of hydrogen-bond acceptors (Lipinski definition) is 1. The van der Waals surface area contributed by atoms with E-state index in [1.54, 1.807) is 10.0 Å². The van der Waals surface area contributed by atoms with Crippen LogP contribution < -0.4 is 0 Å². The average molecular weight is 529 g/mol. The molecule has 0 bridgehead atoms. The van der Waals surface area contributed by atoms with Crippen molar-refractivity contribution >= 4 is 19.8 Å². The van der Waals surface area contributed by atoms with Crippen LogP contribution in [-0.4, -0.2) is 24.0 Å². The normalized spacial score (nSPS) is 44.7. The van der Waals surface area contributed by atoms with Crippen molar-refractivity contribution in [1.29, 1.82) is 0 Å². The van der Waals surface area contributed by atoms with E-state index in [1.807, 2.05) is 0 Å². The summed E-state index contributed by atoms with van der Waals surface area (Å²) in [5.74, 6) is 4.65. The van der Waals surface area contributed by atoms with Crippen LogP contribution in [0, 0.1) is 40.4 Å². The Morgan fingerprint density at radius 2 is 1.83 bits per heavy atom. The first-order valence-electron chi connectivity index (χ1n) is 13.2. The van der Waals surface area contributed by atoms with Gasteiger partial charge >= 0.3 is 190 Å². The molecular formula is C28H49IO. The molecule has 0 saturated heterocycles. The van der Waals surface area contributed by atoms with Gasteiger partial charge in [0, 0.05) is 0 Å². The van der Waals surface area contributed by atoms with Crippen LogP contribution in [0.2, 0.25) is 0 Å². The van der Waals surface area contributed by atoms with Crippen LogP contribution in [0.25, 0.3) is 0 Å². The van der Waals surface area contributed by atoms with Crippen molar-refractivity contribution in [2.45, 2.75) is 109 Å². The zero-order chi connectivity index (χ0) is 21.7. The fourth-order valence-corrected chi connectivity index (χ4v) is 14.3. The molecule has 0 amide bonds. The Balaban J connectivity index is 1.47. The summed E-state index contributed by atoms with van der Waals surface area (Å²) in [4.78, 5) is 0. The second kappa shape index (κ2) is 8.99. The van der Waals surface area contributed by atoms with Gasteiger partial charge in [-0.2, -0.15) is 0 Å². The Bertz CT molecular complexity index is 641. The van der Waals surface area contributed by atoms with E-state index in [1.165, 1.54) is 49.4 Å². The molecule has 3 saturated carbocycles. The number of halogens is 1. The molecule has 4 rings (SSSR count). The van der Waals surface area contributed by atoms with Gasteiger partial charge < -0.3 is 5.11 Å². The van der Waals surface area contributed by atoms with Gasteiger partial charge in [-0.3, -0.25) is 0 Å². The van der Waals surface area contributed by atoms with Gasteiger partial charge in [0.2, 0.25) is 0 Å². The van der Waals surface area contributed by atoms with Gasteiger partial charge in [0.05, 0.1) is 0 Å². The van der Waals surface area contributed by atoms with Crippen LogP contribution in [0.4, 0.5) is 0 Å². The van der Waals surface area contributed by atoms with Crippen molar-refractivity contribution in [2.75, 3.05) is 8.86 Å². The van der Waals surface area contributed by atoms with Gasteiger partial charge in [0.1, 0.15) is 0 Å². The summed E-state index contributed by atoms with van der Waals surface area (Å²) < 4.78 is 4.09. The summed E-state index contributed by atoms with van der Waals surface area (Å²) in [7, 11) is 0. The summed E-state index contributed by atoms with van der Waals surface area (Å²) in [6, 6.07) is 0. The molecule has 4 aliphatic carbocycles. The third-order valence-corrected chi connectivity index (χ3v) is 18.1. The van der Waals surface area contributed by atoms with Crippen molar-refractivity contribution in [1.82, 2.24) is 0 Å². The first kappa shape index (κ1) is 23.6. The summed E-state index contributed by atoms with van der Waals surface area (Å²) >= 11 is -0.716. The summed E-state index contributed by atoms with van der Waals surface area (Å²) in [6.45, 7) is 15.3. The SMILES string of the molecule is CCI(CC[C@@H](C)[C@H]1CCC2C3CC=C4C[C@@H](O)CCC4(C)C3CC[C@@]21C)C(C)C. The van der Waals surface area contributed by atoms with E-state index in [4.69, 9.17) is 0 Å². The fourth-order valence-electron chi connectivity index (χ4n) is 8.79. The summed E-state index contributed by atoms with van der Waals surface area (Å²) in [5.41, 5.74) is 2.61. The van der Waals surface area contributed by atoms with E-state index in [2.05, 4.69) is 47.6 Å². The molecule has 8 atom stereocenters. The standard InChI is InChI=1S/C28H49IO/c1-7-29(19(2)3)17-14-20(4)24-10-11-25-23-9-8-21-18-22(30)12-15-27(21,5)26(23)13-16-28(24,25)6/h8,19-20,22-26,30H,7,9-18H2,1-6H3/t20-,22+,23?,24-,25?,26?,27?,28-/m1/s1. The van der Waals surface area contributed by atoms with Gasteiger partial charge in [0.25, 0.3) is 0 Å². The maximum absolute atomic E-state index is 10.2. The molecule has 0 aromatic rings. The maximum atomic E-state index is 10.2. The first-order chi connectivity index (χ1) is 14.2. The van der Waals surface area contributed by atoms with E-state index in [0.29, 0.717) is 10.8 Å². The molecular weight excluding hydrogens is 479 g/mol. The Morgan fingerprint density at radius 1 is 1.07 bits per heavy atom. The molecule has 30 heavy (non-hydrogen) atoms. The molecule has 0 aromatic heterocycles. The van der Waals surface area contributed by atoms with Gasteiger partial charge in [-0.1, -0.05) is 0 Å². The van der Waals surface area contributed by atoms with Gasteiger partial charge in [-0.05, 0) is 0 Å². The number of alkyl halides is 3. The monoisotopic (exact) mass is 528 g/mol. The van der Waals surface area contributed by atoms with Crippen LogP contribution in [0.5, 0.6) is 0 Å². The second-order valence-corrected chi connectivity index (χ2v) is 20.1. The van der Waals surface area contributed by atoms with Crippen LogP contribution in [0.3, 0.4) is 0 Å². The summed E-state index contributed by atoms with van der Waals surface area (Å²) in [6.07, 6.45) is 14.5. The van der Waals surface area contributed by atoms with E-state index >= 15 is 0 Å². The van der Waals surface area contributed by atoms with Crippen LogP contribution >= 0.6 is 19.8 Å². The van der Waals surface area contributed by atoms with Crippen molar-refractivity contribution in [2.24, 2.45) is 40.4 Å². The molecule has 174 valence electrons. The molecule has 2 heteroatoms. The topological polar surface area (TPSA) is 20.2 Å². The first-order valence-corrected chi connectivity index (χ1v) is 17.5. The van der Waals surface area contributed by atoms with Gasteiger partial charge in [0.15, 0.2) is 0 Å². The number of rotatable bonds is 6. The molecule has 0 radical (unpaired) electrons. The number of hydrogen-bond donors (Lipinski definition) is 1. The fraction of sp³-hybridized carbons (Fsp3) is 0.929. The zero-order valence-electron chi connectivity index (χ0n) is 20.7. The third kappa shape index (κ3) is 3.97. The molecule has 0 aromatic carbocycles. The van der Waals surface area contributed by atoms with Crippen molar-refractivity contribution < 1.29 is 5.11 Å². The van der Waals surface area contributed by atoms with Crippen molar-refractivity contribution in [3.63, 3.8) is 0 Å². The Hall–Kier alpha value is 0.430. The molecule has 4 aliphatic rings. The van der Waals surface area contributed by atoms with Gasteiger partial charge in [-0.15, -0.1) is 0 Å². The predicted octanol–water partition coefficient (Wildman–Crippen LogP) is 7.89. The van der Waals surface area contributed by atoms with Crippen LogP contribution in [-0.2, 0) is 0 Å². The summed E-state index contributed by atoms with van der Waals surface area (Å²) in [5, 5.41) is 10.2. The number of aliphatic hydroxyl groups is 1. The molecule has 3 fully saturated rings. The van der Waals surface area contributed by atoms with Crippen molar-refractivity contribution in [3.8, 4) is 0 Å². The predicted molar refractivity (Wildman–Crippen MR) is 140 cm³/mol. The molecule has 0 heterocycles. The number of aliphatic hydroxyl groups excluding tert-OH is 1. The zero-order valence-corrected chi connectivity index (χ0v) is 22.9. The Labute approximate surface area is 194 Å². The van der Waals surface area contributed by atoms with E-state index < -0.39 is 19.8 Å². The van der Waals surface area contributed by atoms with Crippen molar-refractivity contribution in [3.05, 3.63) is 11.6 Å². The van der Waals surface area contributed by atoms with E-state index in [-0.39, 0.29) is 6.10 Å². The molecule has 1 N–H and O–H groups in total. The van der Waals surface area contributed by atoms with Crippen LogP contribution in [0.1, 0.15) is 99.3 Å². The third-order valence-electron chi connectivity index (χ3n) is 10.6. The minimum atomic E-state index is -0.716. The molecule has 1 nitrogen and oxygen atoms in total. The van der Waals surface area contributed by atoms with E-state index in [9.17, 15) is 5.11 Å². The van der Waals surface area contributed by atoms with Crippen LogP contribution in [0.15, 0.2) is 11.6 Å². The molecule has 0 spiro atoms. The molecule has 0 aliphatic heterocycles. The molecule has 4 unspecified atom stereocenters. The van der Waals surface area contributed by atoms with Gasteiger partial charge in [-0.25, -0.2) is 0 Å². The minimum absolute atomic E-state index is 0.0757. The quantitative estimate of drug-likeness (QED) is 0.211.